The topological polar surface area (TPSA) is 43.7 Å². The zero-order chi connectivity index (χ0) is 9.11. The molecule has 0 spiro atoms. The summed E-state index contributed by atoms with van der Waals surface area (Å²) in [6.45, 7) is 3.44. The Hall–Kier alpha value is 0.230. The van der Waals surface area contributed by atoms with Gasteiger partial charge in [0.25, 0.3) is 0 Å². The predicted molar refractivity (Wildman–Crippen MR) is 51.4 cm³/mol. The Labute approximate surface area is 73.3 Å². The van der Waals surface area contributed by atoms with Crippen molar-refractivity contribution in [2.45, 2.75) is 13.3 Å². The van der Waals surface area contributed by atoms with Gasteiger partial charge < -0.3 is 4.90 Å². The molecule has 0 aromatic heterocycles. The van der Waals surface area contributed by atoms with Crippen molar-refractivity contribution < 1.29 is 10.5 Å². The molecule has 3 nitrogen and oxygen atoms in total. The van der Waals surface area contributed by atoms with Crippen LogP contribution < -0.4 is 0 Å². The minimum absolute atomic E-state index is 1.21. The standard InChI is InChI=1S/C7H17NS.H2O2/c1-4-6-9-7-5-8(2)3;1-2/h4-7H2,1-3H3;1-2H. The summed E-state index contributed by atoms with van der Waals surface area (Å²) in [7, 11) is 4.24. The van der Waals surface area contributed by atoms with Crippen molar-refractivity contribution in [1.29, 1.82) is 0 Å². The van der Waals surface area contributed by atoms with Gasteiger partial charge in [0.15, 0.2) is 0 Å². The van der Waals surface area contributed by atoms with Crippen molar-refractivity contribution in [3.8, 4) is 0 Å². The molecule has 0 bridgehead atoms. The van der Waals surface area contributed by atoms with E-state index < -0.39 is 0 Å². The minimum Gasteiger partial charge on any atom is -0.309 e. The van der Waals surface area contributed by atoms with Gasteiger partial charge in [-0.25, -0.2) is 0 Å². The first-order valence-corrected chi connectivity index (χ1v) is 4.85. The Morgan fingerprint density at radius 2 is 1.73 bits per heavy atom. The summed E-state index contributed by atoms with van der Waals surface area (Å²) < 4.78 is 0. The number of hydrogen-bond acceptors (Lipinski definition) is 4. The molecule has 0 unspecified atom stereocenters. The number of thioether (sulfide) groups is 1. The third-order valence-electron chi connectivity index (χ3n) is 1.03. The Morgan fingerprint density at radius 3 is 2.09 bits per heavy atom. The van der Waals surface area contributed by atoms with E-state index in [1.165, 1.54) is 24.5 Å². The van der Waals surface area contributed by atoms with E-state index in [9.17, 15) is 0 Å². The summed E-state index contributed by atoms with van der Waals surface area (Å²) in [5, 5.41) is 12.0. The van der Waals surface area contributed by atoms with Crippen molar-refractivity contribution in [2.24, 2.45) is 0 Å². The summed E-state index contributed by atoms with van der Waals surface area (Å²) in [5.74, 6) is 2.59. The van der Waals surface area contributed by atoms with Crippen LogP contribution in [0.3, 0.4) is 0 Å². The molecule has 4 heteroatoms. The normalized spacial score (nSPS) is 9.27. The van der Waals surface area contributed by atoms with E-state index in [1.54, 1.807) is 0 Å². The van der Waals surface area contributed by atoms with Crippen LogP contribution in [0.2, 0.25) is 0 Å². The molecule has 0 fully saturated rings. The molecule has 0 radical (unpaired) electrons. The maximum Gasteiger partial charge on any atom is 0.00662 e. The fraction of sp³-hybridized carbons (Fsp3) is 1.00. The molecule has 0 atom stereocenters. The fourth-order valence-electron chi connectivity index (χ4n) is 0.494. The average Bonchev–Trinajstić information content (AvgIpc) is 2.02. The molecular weight excluding hydrogens is 162 g/mol. The lowest BCUT2D eigenvalue weighted by atomic mass is 10.6. The maximum absolute atomic E-state index is 6.00. The van der Waals surface area contributed by atoms with Crippen LogP contribution in [0, 0.1) is 0 Å². The van der Waals surface area contributed by atoms with Crippen LogP contribution in [0.25, 0.3) is 0 Å². The van der Waals surface area contributed by atoms with E-state index in [1.807, 2.05) is 11.8 Å². The summed E-state index contributed by atoms with van der Waals surface area (Å²) in [4.78, 5) is 2.22. The first-order chi connectivity index (χ1) is 5.27. The highest BCUT2D eigenvalue weighted by molar-refractivity contribution is 7.99. The van der Waals surface area contributed by atoms with Crippen LogP contribution in [-0.4, -0.2) is 47.6 Å². The molecular formula is C7H19NO2S. The van der Waals surface area contributed by atoms with E-state index >= 15 is 0 Å². The third kappa shape index (κ3) is 17.9. The van der Waals surface area contributed by atoms with Gasteiger partial charge in [-0.2, -0.15) is 11.8 Å². The highest BCUT2D eigenvalue weighted by Gasteiger charge is 1.88. The Kier molecular flexibility index (Phi) is 16.1. The van der Waals surface area contributed by atoms with Crippen LogP contribution in [0.4, 0.5) is 0 Å². The van der Waals surface area contributed by atoms with Gasteiger partial charge in [0.2, 0.25) is 0 Å². The molecule has 11 heavy (non-hydrogen) atoms. The second kappa shape index (κ2) is 12.9. The smallest absolute Gasteiger partial charge is 0.00662 e. The van der Waals surface area contributed by atoms with E-state index in [-0.39, 0.29) is 0 Å². The van der Waals surface area contributed by atoms with Crippen LogP contribution >= 0.6 is 11.8 Å². The van der Waals surface area contributed by atoms with Gasteiger partial charge in [-0.3, -0.25) is 10.5 Å². The fourth-order valence-corrected chi connectivity index (χ4v) is 1.48. The molecule has 0 aromatic carbocycles. The van der Waals surface area contributed by atoms with Gasteiger partial charge in [-0.05, 0) is 26.3 Å². The summed E-state index contributed by atoms with van der Waals surface area (Å²) >= 11 is 2.04. The maximum atomic E-state index is 6.00. The molecule has 0 aliphatic rings. The Morgan fingerprint density at radius 1 is 1.18 bits per heavy atom. The van der Waals surface area contributed by atoms with Gasteiger partial charge >= 0.3 is 0 Å². The Balaban J connectivity index is 0. The van der Waals surface area contributed by atoms with E-state index in [2.05, 4.69) is 25.9 Å². The van der Waals surface area contributed by atoms with Gasteiger partial charge in [0, 0.05) is 12.3 Å². The van der Waals surface area contributed by atoms with E-state index in [0.717, 1.165) is 0 Å². The van der Waals surface area contributed by atoms with Crippen molar-refractivity contribution in [2.75, 3.05) is 32.1 Å². The first-order valence-electron chi connectivity index (χ1n) is 3.70. The number of nitrogens with zero attached hydrogens (tertiary/aromatic N) is 1. The minimum atomic E-state index is 1.21. The lowest BCUT2D eigenvalue weighted by Gasteiger charge is -2.07. The van der Waals surface area contributed by atoms with Crippen molar-refractivity contribution >= 4 is 11.8 Å². The lowest BCUT2D eigenvalue weighted by Crippen LogP contribution is -2.14. The van der Waals surface area contributed by atoms with E-state index in [0.29, 0.717) is 0 Å². The number of hydrogen-bond donors (Lipinski definition) is 2. The van der Waals surface area contributed by atoms with Gasteiger partial charge in [0.05, 0.1) is 0 Å². The molecule has 0 heterocycles. The van der Waals surface area contributed by atoms with Gasteiger partial charge in [-0.15, -0.1) is 0 Å². The second-order valence-corrected chi connectivity index (χ2v) is 3.64. The molecule has 0 aromatic rings. The highest BCUT2D eigenvalue weighted by atomic mass is 32.2. The van der Waals surface area contributed by atoms with Crippen molar-refractivity contribution in [3.05, 3.63) is 0 Å². The quantitative estimate of drug-likeness (QED) is 0.385. The molecule has 2 N–H and O–H groups in total. The van der Waals surface area contributed by atoms with Crippen molar-refractivity contribution in [3.63, 3.8) is 0 Å². The summed E-state index contributed by atoms with van der Waals surface area (Å²) in [5.41, 5.74) is 0. The van der Waals surface area contributed by atoms with Crippen molar-refractivity contribution in [1.82, 2.24) is 4.90 Å². The van der Waals surface area contributed by atoms with Crippen LogP contribution in [-0.2, 0) is 0 Å². The molecule has 0 aliphatic carbocycles. The highest BCUT2D eigenvalue weighted by Crippen LogP contribution is 2.00. The third-order valence-corrected chi connectivity index (χ3v) is 2.20. The molecule has 0 saturated heterocycles. The zero-order valence-electron chi connectivity index (χ0n) is 7.58. The van der Waals surface area contributed by atoms with E-state index in [4.69, 9.17) is 10.5 Å². The van der Waals surface area contributed by atoms with Gasteiger partial charge in [-0.1, -0.05) is 6.92 Å². The second-order valence-electron chi connectivity index (χ2n) is 2.42. The summed E-state index contributed by atoms with van der Waals surface area (Å²) in [6.07, 6.45) is 1.30. The van der Waals surface area contributed by atoms with Crippen LogP contribution in [0.5, 0.6) is 0 Å². The molecule has 0 saturated carbocycles. The predicted octanol–water partition coefficient (Wildman–Crippen LogP) is 1.71. The average molecular weight is 181 g/mol. The molecule has 0 aliphatic heterocycles. The van der Waals surface area contributed by atoms with Gasteiger partial charge in [0.1, 0.15) is 0 Å². The van der Waals surface area contributed by atoms with Crippen LogP contribution in [0.15, 0.2) is 0 Å². The monoisotopic (exact) mass is 181 g/mol. The lowest BCUT2D eigenvalue weighted by molar-refractivity contribution is -0.176. The zero-order valence-corrected chi connectivity index (χ0v) is 8.39. The first kappa shape index (κ1) is 13.8. The molecule has 0 amide bonds. The Bertz CT molecular complexity index is 62.4. The summed E-state index contributed by atoms with van der Waals surface area (Å²) in [6, 6.07) is 0. The number of rotatable bonds is 5. The largest absolute Gasteiger partial charge is 0.309 e. The van der Waals surface area contributed by atoms with Crippen LogP contribution in [0.1, 0.15) is 13.3 Å². The SMILES string of the molecule is CCCSCCN(C)C.OO. The molecule has 0 rings (SSSR count). The molecule has 70 valence electrons.